The fraction of sp³-hybridized carbons (Fsp3) is 0.135. The van der Waals surface area contributed by atoms with Crippen LogP contribution in [0.3, 0.4) is 0 Å². The average Bonchev–Trinajstić information content (AvgIpc) is 3.31. The van der Waals surface area contributed by atoms with E-state index in [2.05, 4.69) is 157 Å². The topological polar surface area (TPSA) is 8.17 Å². The number of aromatic nitrogens is 1. The Balaban J connectivity index is 1.29. The van der Waals surface area contributed by atoms with Gasteiger partial charge in [-0.1, -0.05) is 92.2 Å². The molecule has 0 saturated carbocycles. The maximum absolute atomic E-state index is 2.40. The van der Waals surface area contributed by atoms with E-state index >= 15 is 0 Å². The molecule has 0 radical (unpaired) electrons. The van der Waals surface area contributed by atoms with E-state index in [9.17, 15) is 0 Å². The second-order valence-corrected chi connectivity index (χ2v) is 10.1. The van der Waals surface area contributed by atoms with E-state index in [1.165, 1.54) is 44.2 Å². The smallest absolute Gasteiger partial charge is 0.0491 e. The molecule has 0 spiro atoms. The fourth-order valence-corrected chi connectivity index (χ4v) is 5.57. The lowest BCUT2D eigenvalue weighted by Gasteiger charge is -2.25. The normalized spacial score (nSPS) is 11.5. The summed E-state index contributed by atoms with van der Waals surface area (Å²) in [5.74, 6) is 0. The highest BCUT2D eigenvalue weighted by Crippen LogP contribution is 2.35. The Kier molecular flexibility index (Phi) is 7.01. The summed E-state index contributed by atoms with van der Waals surface area (Å²) >= 11 is 0. The second-order valence-electron chi connectivity index (χ2n) is 10.1. The van der Waals surface area contributed by atoms with Gasteiger partial charge in [0.2, 0.25) is 0 Å². The van der Waals surface area contributed by atoms with Gasteiger partial charge in [-0.3, -0.25) is 0 Å². The van der Waals surface area contributed by atoms with Gasteiger partial charge in [-0.2, -0.15) is 0 Å². The van der Waals surface area contributed by atoms with Crippen molar-refractivity contribution in [3.8, 4) is 0 Å². The molecule has 0 unspecified atom stereocenters. The van der Waals surface area contributed by atoms with Gasteiger partial charge in [0.25, 0.3) is 0 Å². The van der Waals surface area contributed by atoms with Crippen LogP contribution in [0, 0.1) is 0 Å². The van der Waals surface area contributed by atoms with Crippen LogP contribution in [0.2, 0.25) is 0 Å². The van der Waals surface area contributed by atoms with E-state index in [4.69, 9.17) is 0 Å². The summed E-state index contributed by atoms with van der Waals surface area (Å²) in [5.41, 5.74) is 9.85. The number of hydrogen-bond acceptors (Lipinski definition) is 1. The van der Waals surface area contributed by atoms with Crippen LogP contribution in [0.4, 0.5) is 17.1 Å². The third-order valence-corrected chi connectivity index (χ3v) is 7.48. The van der Waals surface area contributed by atoms with Gasteiger partial charge < -0.3 is 9.47 Å². The van der Waals surface area contributed by atoms with Crippen molar-refractivity contribution in [2.75, 3.05) is 4.90 Å². The first-order chi connectivity index (χ1) is 19.2. The number of nitrogens with zero attached hydrogens (tertiary/aromatic N) is 2. The van der Waals surface area contributed by atoms with Crippen LogP contribution in [0.5, 0.6) is 0 Å². The molecule has 39 heavy (non-hydrogen) atoms. The molecule has 0 aliphatic carbocycles. The summed E-state index contributed by atoms with van der Waals surface area (Å²) in [6.07, 6.45) is 6.69. The van der Waals surface area contributed by atoms with Crippen LogP contribution in [-0.4, -0.2) is 4.57 Å². The molecule has 0 saturated heterocycles. The molecule has 0 atom stereocenters. The molecule has 2 heteroatoms. The quantitative estimate of drug-likeness (QED) is 0.186. The highest BCUT2D eigenvalue weighted by Gasteiger charge is 2.12. The monoisotopic (exact) mass is 506 g/mol. The molecule has 1 heterocycles. The average molecular weight is 507 g/mol. The number of anilines is 3. The molecule has 5 aromatic carbocycles. The van der Waals surface area contributed by atoms with Crippen molar-refractivity contribution in [2.45, 2.75) is 33.2 Å². The van der Waals surface area contributed by atoms with Crippen LogP contribution in [-0.2, 0) is 13.0 Å². The molecule has 0 fully saturated rings. The SMILES string of the molecule is CCCc1ccc(N(c2ccccc2)c2ccc(/C=C/c3ccc4c(c3)c3ccccc3n4CC)cc2)cc1. The number of para-hydroxylation sites is 2. The predicted octanol–water partition coefficient (Wildman–Crippen LogP) is 10.4. The van der Waals surface area contributed by atoms with E-state index in [0.717, 1.165) is 30.8 Å². The fourth-order valence-electron chi connectivity index (χ4n) is 5.57. The zero-order chi connectivity index (χ0) is 26.6. The molecule has 0 aliphatic rings. The molecular formula is C37H34N2. The molecule has 6 rings (SSSR count). The Morgan fingerprint density at radius 3 is 1.87 bits per heavy atom. The van der Waals surface area contributed by atoms with E-state index < -0.39 is 0 Å². The van der Waals surface area contributed by atoms with Gasteiger partial charge in [0, 0.05) is 45.4 Å². The number of hydrogen-bond donors (Lipinski definition) is 0. The van der Waals surface area contributed by atoms with Crippen molar-refractivity contribution >= 4 is 51.0 Å². The minimum atomic E-state index is 0.967. The first kappa shape index (κ1) is 24.8. The van der Waals surface area contributed by atoms with Crippen molar-refractivity contribution < 1.29 is 0 Å². The second kappa shape index (κ2) is 11.0. The minimum Gasteiger partial charge on any atom is -0.341 e. The van der Waals surface area contributed by atoms with Gasteiger partial charge >= 0.3 is 0 Å². The van der Waals surface area contributed by atoms with Crippen molar-refractivity contribution in [3.63, 3.8) is 0 Å². The summed E-state index contributed by atoms with van der Waals surface area (Å²) in [6.45, 7) is 5.40. The Morgan fingerprint density at radius 1 is 0.564 bits per heavy atom. The van der Waals surface area contributed by atoms with Gasteiger partial charge in [-0.25, -0.2) is 0 Å². The van der Waals surface area contributed by atoms with Crippen molar-refractivity contribution in [1.29, 1.82) is 0 Å². The third kappa shape index (κ3) is 4.98. The van der Waals surface area contributed by atoms with Crippen LogP contribution in [0.25, 0.3) is 34.0 Å². The lowest BCUT2D eigenvalue weighted by atomic mass is 10.1. The summed E-state index contributed by atoms with van der Waals surface area (Å²) in [6, 6.07) is 43.9. The molecule has 0 bridgehead atoms. The Morgan fingerprint density at radius 2 is 1.15 bits per heavy atom. The molecule has 192 valence electrons. The van der Waals surface area contributed by atoms with Crippen LogP contribution < -0.4 is 4.90 Å². The van der Waals surface area contributed by atoms with E-state index in [1.54, 1.807) is 0 Å². The van der Waals surface area contributed by atoms with Gasteiger partial charge in [-0.15, -0.1) is 0 Å². The van der Waals surface area contributed by atoms with Gasteiger partial charge in [0.15, 0.2) is 0 Å². The number of aryl methyl sites for hydroxylation is 2. The van der Waals surface area contributed by atoms with Gasteiger partial charge in [0.05, 0.1) is 0 Å². The number of benzene rings is 5. The van der Waals surface area contributed by atoms with Crippen molar-refractivity contribution in [1.82, 2.24) is 4.57 Å². The van der Waals surface area contributed by atoms with Crippen LogP contribution in [0.1, 0.15) is 37.0 Å². The van der Waals surface area contributed by atoms with E-state index in [0.29, 0.717) is 0 Å². The number of rotatable bonds is 8. The van der Waals surface area contributed by atoms with Gasteiger partial charge in [-0.05, 0) is 84.6 Å². The maximum Gasteiger partial charge on any atom is 0.0491 e. The predicted molar refractivity (Wildman–Crippen MR) is 169 cm³/mol. The van der Waals surface area contributed by atoms with E-state index in [1.807, 2.05) is 0 Å². The van der Waals surface area contributed by atoms with Crippen molar-refractivity contribution in [2.24, 2.45) is 0 Å². The minimum absolute atomic E-state index is 0.967. The molecule has 1 aromatic heterocycles. The highest BCUT2D eigenvalue weighted by atomic mass is 15.1. The van der Waals surface area contributed by atoms with Crippen molar-refractivity contribution in [3.05, 3.63) is 138 Å². The number of fused-ring (bicyclic) bond motifs is 3. The molecule has 2 nitrogen and oxygen atoms in total. The summed E-state index contributed by atoms with van der Waals surface area (Å²) in [4.78, 5) is 2.32. The lowest BCUT2D eigenvalue weighted by Crippen LogP contribution is -2.09. The standard InChI is InChI=1S/C37H34N2/c1-3-10-28-17-22-32(23-18-28)39(31-11-6-5-7-12-31)33-24-19-29(20-25-33)15-16-30-21-26-37-35(27-30)34-13-8-9-14-36(34)38(37)4-2/h5-9,11-27H,3-4,10H2,1-2H3/b16-15+. The van der Waals surface area contributed by atoms with Crippen LogP contribution >= 0.6 is 0 Å². The molecule has 0 aliphatic heterocycles. The lowest BCUT2D eigenvalue weighted by molar-refractivity contribution is 0.827. The zero-order valence-corrected chi connectivity index (χ0v) is 22.7. The summed E-state index contributed by atoms with van der Waals surface area (Å²) in [7, 11) is 0. The Hall–Kier alpha value is -4.56. The zero-order valence-electron chi connectivity index (χ0n) is 22.7. The summed E-state index contributed by atoms with van der Waals surface area (Å²) in [5, 5.41) is 2.63. The molecule has 6 aromatic rings. The Bertz CT molecular complexity index is 1720. The molecule has 0 amide bonds. The largest absolute Gasteiger partial charge is 0.341 e. The van der Waals surface area contributed by atoms with Gasteiger partial charge in [0.1, 0.15) is 0 Å². The highest BCUT2D eigenvalue weighted by molar-refractivity contribution is 6.08. The third-order valence-electron chi connectivity index (χ3n) is 7.48. The summed E-state index contributed by atoms with van der Waals surface area (Å²) < 4.78 is 2.40. The first-order valence-corrected chi connectivity index (χ1v) is 14.0. The van der Waals surface area contributed by atoms with Crippen LogP contribution in [0.15, 0.2) is 121 Å². The molecular weight excluding hydrogens is 472 g/mol. The maximum atomic E-state index is 2.40. The molecule has 0 N–H and O–H groups in total. The first-order valence-electron chi connectivity index (χ1n) is 14.0. The Labute approximate surface area is 231 Å². The van der Waals surface area contributed by atoms with E-state index in [-0.39, 0.29) is 0 Å².